The summed E-state index contributed by atoms with van der Waals surface area (Å²) in [5.41, 5.74) is -0.455. The maximum Gasteiger partial charge on any atom is 0.314 e. The van der Waals surface area contributed by atoms with Crippen molar-refractivity contribution in [1.29, 1.82) is 0 Å². The molecule has 0 N–H and O–H groups in total. The molecule has 0 amide bonds. The van der Waals surface area contributed by atoms with Gasteiger partial charge in [0.25, 0.3) is 0 Å². The first-order chi connectivity index (χ1) is 9.59. The molecule has 1 rings (SSSR count). The molecule has 0 saturated heterocycles. The number of methoxy groups -OCH3 is 1. The fourth-order valence-electron chi connectivity index (χ4n) is 3.52. The lowest BCUT2D eigenvalue weighted by Gasteiger charge is -2.43. The van der Waals surface area contributed by atoms with Crippen LogP contribution in [0.4, 0.5) is 0 Å². The Labute approximate surface area is 124 Å². The van der Waals surface area contributed by atoms with Crippen molar-refractivity contribution in [2.75, 3.05) is 20.3 Å². The summed E-state index contributed by atoms with van der Waals surface area (Å²) >= 11 is 0. The molecule has 1 aliphatic carbocycles. The zero-order chi connectivity index (χ0) is 15.0. The van der Waals surface area contributed by atoms with Crippen molar-refractivity contribution < 1.29 is 14.3 Å². The number of unbranched alkanes of at least 4 members (excludes halogenated alkanes) is 1. The van der Waals surface area contributed by atoms with E-state index >= 15 is 0 Å². The zero-order valence-corrected chi connectivity index (χ0v) is 13.7. The Kier molecular flexibility index (Phi) is 7.57. The van der Waals surface area contributed by atoms with E-state index in [1.54, 1.807) is 7.11 Å². The molecule has 0 aromatic carbocycles. The van der Waals surface area contributed by atoms with Crippen LogP contribution in [-0.4, -0.2) is 26.3 Å². The quantitative estimate of drug-likeness (QED) is 0.495. The second-order valence-corrected chi connectivity index (χ2v) is 6.45. The molecule has 118 valence electrons. The van der Waals surface area contributed by atoms with Gasteiger partial charge in [0.1, 0.15) is 0 Å². The maximum absolute atomic E-state index is 12.8. The minimum Gasteiger partial charge on any atom is -0.465 e. The number of hydrogen-bond donors (Lipinski definition) is 0. The zero-order valence-electron chi connectivity index (χ0n) is 13.7. The fourth-order valence-corrected chi connectivity index (χ4v) is 3.52. The number of hydrogen-bond acceptors (Lipinski definition) is 3. The highest BCUT2D eigenvalue weighted by Gasteiger charge is 2.49. The molecule has 1 aliphatic rings. The van der Waals surface area contributed by atoms with Crippen molar-refractivity contribution in [2.45, 2.75) is 65.7 Å². The molecule has 1 saturated carbocycles. The lowest BCUT2D eigenvalue weighted by Crippen LogP contribution is -2.48. The van der Waals surface area contributed by atoms with Gasteiger partial charge in [-0.25, -0.2) is 0 Å². The van der Waals surface area contributed by atoms with E-state index in [-0.39, 0.29) is 11.9 Å². The Balaban J connectivity index is 2.87. The van der Waals surface area contributed by atoms with E-state index in [0.717, 1.165) is 25.7 Å². The molecule has 0 bridgehead atoms. The van der Waals surface area contributed by atoms with Gasteiger partial charge >= 0.3 is 5.97 Å². The molecule has 0 aliphatic heterocycles. The van der Waals surface area contributed by atoms with Crippen LogP contribution in [0.15, 0.2) is 0 Å². The lowest BCUT2D eigenvalue weighted by molar-refractivity contribution is -0.170. The average Bonchev–Trinajstić information content (AvgIpc) is 2.45. The van der Waals surface area contributed by atoms with Gasteiger partial charge in [-0.1, -0.05) is 46.5 Å². The monoisotopic (exact) mass is 284 g/mol. The van der Waals surface area contributed by atoms with Crippen LogP contribution < -0.4 is 0 Å². The molecular weight excluding hydrogens is 252 g/mol. The van der Waals surface area contributed by atoms with Crippen LogP contribution in [0.5, 0.6) is 0 Å². The predicted octanol–water partition coefficient (Wildman–Crippen LogP) is 4.20. The van der Waals surface area contributed by atoms with E-state index in [4.69, 9.17) is 9.47 Å². The van der Waals surface area contributed by atoms with Crippen molar-refractivity contribution in [3.8, 4) is 0 Å². The van der Waals surface area contributed by atoms with E-state index in [2.05, 4.69) is 20.8 Å². The van der Waals surface area contributed by atoms with Gasteiger partial charge < -0.3 is 9.47 Å². The number of carbonyl (C=O) groups excluding carboxylic acids is 1. The van der Waals surface area contributed by atoms with E-state index in [1.165, 1.54) is 19.3 Å². The summed E-state index contributed by atoms with van der Waals surface area (Å²) in [5.74, 6) is 0.625. The summed E-state index contributed by atoms with van der Waals surface area (Å²) in [6, 6.07) is 0. The largest absolute Gasteiger partial charge is 0.465 e. The van der Waals surface area contributed by atoms with Crippen molar-refractivity contribution in [1.82, 2.24) is 0 Å². The first-order valence-electron chi connectivity index (χ1n) is 8.25. The maximum atomic E-state index is 12.8. The third-order valence-electron chi connectivity index (χ3n) is 4.86. The Morgan fingerprint density at radius 2 is 1.90 bits per heavy atom. The van der Waals surface area contributed by atoms with Crippen molar-refractivity contribution in [3.05, 3.63) is 0 Å². The Morgan fingerprint density at radius 1 is 1.25 bits per heavy atom. The van der Waals surface area contributed by atoms with Crippen molar-refractivity contribution in [3.63, 3.8) is 0 Å². The Hall–Kier alpha value is -0.570. The number of rotatable bonds is 8. The summed E-state index contributed by atoms with van der Waals surface area (Å²) in [7, 11) is 1.69. The van der Waals surface area contributed by atoms with Gasteiger partial charge in [-0.3, -0.25) is 4.79 Å². The van der Waals surface area contributed by atoms with Gasteiger partial charge in [-0.15, -0.1) is 0 Å². The number of carbonyl (C=O) groups is 1. The lowest BCUT2D eigenvalue weighted by atomic mass is 9.63. The smallest absolute Gasteiger partial charge is 0.314 e. The van der Waals surface area contributed by atoms with E-state index in [0.29, 0.717) is 19.1 Å². The summed E-state index contributed by atoms with van der Waals surface area (Å²) < 4.78 is 11.0. The van der Waals surface area contributed by atoms with Gasteiger partial charge in [-0.05, 0) is 31.1 Å². The predicted molar refractivity (Wildman–Crippen MR) is 81.6 cm³/mol. The van der Waals surface area contributed by atoms with Crippen LogP contribution >= 0.6 is 0 Å². The van der Waals surface area contributed by atoms with Gasteiger partial charge in [0.15, 0.2) is 0 Å². The molecule has 0 aromatic heterocycles. The van der Waals surface area contributed by atoms with Gasteiger partial charge in [0.2, 0.25) is 0 Å². The topological polar surface area (TPSA) is 35.5 Å². The minimum atomic E-state index is -0.455. The Morgan fingerprint density at radius 3 is 2.40 bits per heavy atom. The fraction of sp³-hybridized carbons (Fsp3) is 0.941. The average molecular weight is 284 g/mol. The van der Waals surface area contributed by atoms with Crippen LogP contribution in [0, 0.1) is 17.3 Å². The van der Waals surface area contributed by atoms with Crippen LogP contribution in [0.2, 0.25) is 0 Å². The van der Waals surface area contributed by atoms with Crippen molar-refractivity contribution >= 4 is 5.97 Å². The van der Waals surface area contributed by atoms with Gasteiger partial charge in [0, 0.05) is 7.11 Å². The molecule has 3 nitrogen and oxygen atoms in total. The third kappa shape index (κ3) is 3.97. The summed E-state index contributed by atoms with van der Waals surface area (Å²) in [6.45, 7) is 7.41. The highest BCUT2D eigenvalue weighted by atomic mass is 16.5. The molecule has 0 radical (unpaired) electrons. The van der Waals surface area contributed by atoms with E-state index in [1.807, 2.05) is 0 Å². The van der Waals surface area contributed by atoms with Crippen molar-refractivity contribution in [2.24, 2.45) is 17.3 Å². The molecule has 1 fully saturated rings. The summed E-state index contributed by atoms with van der Waals surface area (Å²) in [4.78, 5) is 12.8. The molecule has 1 unspecified atom stereocenters. The molecule has 1 atom stereocenters. The highest BCUT2D eigenvalue weighted by molar-refractivity contribution is 5.78. The SMILES string of the molecule is CCCCOC(=O)C(COC)(C(C)C)C1CCCCC1. The molecule has 0 aromatic rings. The van der Waals surface area contributed by atoms with Crippen LogP contribution in [0.3, 0.4) is 0 Å². The standard InChI is InChI=1S/C17H32O3/c1-5-6-12-20-16(18)17(13-19-4,14(2)3)15-10-8-7-9-11-15/h14-15H,5-13H2,1-4H3. The summed E-state index contributed by atoms with van der Waals surface area (Å²) in [5, 5.41) is 0. The molecule has 20 heavy (non-hydrogen) atoms. The third-order valence-corrected chi connectivity index (χ3v) is 4.86. The molecule has 0 heterocycles. The van der Waals surface area contributed by atoms with E-state index in [9.17, 15) is 4.79 Å². The normalized spacial score (nSPS) is 19.9. The first kappa shape index (κ1) is 17.5. The van der Waals surface area contributed by atoms with Gasteiger partial charge in [0.05, 0.1) is 18.6 Å². The molecule has 3 heteroatoms. The molecule has 0 spiro atoms. The van der Waals surface area contributed by atoms with E-state index < -0.39 is 5.41 Å². The van der Waals surface area contributed by atoms with Crippen LogP contribution in [-0.2, 0) is 14.3 Å². The highest BCUT2D eigenvalue weighted by Crippen LogP contribution is 2.45. The number of ether oxygens (including phenoxy) is 2. The summed E-state index contributed by atoms with van der Waals surface area (Å²) in [6.07, 6.45) is 8.00. The number of esters is 1. The molecular formula is C17H32O3. The minimum absolute atomic E-state index is 0.0327. The van der Waals surface area contributed by atoms with Gasteiger partial charge in [-0.2, -0.15) is 0 Å². The van der Waals surface area contributed by atoms with Crippen LogP contribution in [0.25, 0.3) is 0 Å². The Bertz CT molecular complexity index is 282. The first-order valence-corrected chi connectivity index (χ1v) is 8.25. The van der Waals surface area contributed by atoms with Crippen LogP contribution in [0.1, 0.15) is 65.7 Å². The second-order valence-electron chi connectivity index (χ2n) is 6.45. The second kappa shape index (κ2) is 8.66.